The molecular formula is C11H11IN4O. The molecule has 6 heteroatoms. The lowest BCUT2D eigenvalue weighted by Gasteiger charge is -2.09. The van der Waals surface area contributed by atoms with Gasteiger partial charge < -0.3 is 16.2 Å². The molecule has 0 bridgehead atoms. The molecule has 0 unspecified atom stereocenters. The number of halogens is 1. The monoisotopic (exact) mass is 342 g/mol. The fourth-order valence-electron chi connectivity index (χ4n) is 1.41. The minimum Gasteiger partial charge on any atom is -0.496 e. The van der Waals surface area contributed by atoms with Crippen LogP contribution >= 0.6 is 22.6 Å². The lowest BCUT2D eigenvalue weighted by Crippen LogP contribution is -2.05. The summed E-state index contributed by atoms with van der Waals surface area (Å²) in [5.74, 6) is 1.50. The summed E-state index contributed by atoms with van der Waals surface area (Å²) in [5, 5.41) is 0. The van der Waals surface area contributed by atoms with Gasteiger partial charge in [-0.05, 0) is 34.7 Å². The van der Waals surface area contributed by atoms with Gasteiger partial charge in [-0.15, -0.1) is 0 Å². The lowest BCUT2D eigenvalue weighted by atomic mass is 10.2. The standard InChI is InChI=1S/C11H11IN4O/c1-17-7-5-3-2-4-6(7)11-15-9(12)8(13)10(14)16-11/h2-5H,13H2,1H3,(H2,14,15,16). The molecule has 0 saturated carbocycles. The van der Waals surface area contributed by atoms with Crippen LogP contribution in [0.1, 0.15) is 0 Å². The van der Waals surface area contributed by atoms with Crippen LogP contribution in [-0.2, 0) is 0 Å². The molecule has 0 radical (unpaired) electrons. The SMILES string of the molecule is COc1ccccc1-c1nc(N)c(N)c(I)n1. The summed E-state index contributed by atoms with van der Waals surface area (Å²) in [7, 11) is 1.60. The van der Waals surface area contributed by atoms with E-state index in [0.29, 0.717) is 21.0 Å². The van der Waals surface area contributed by atoms with E-state index >= 15 is 0 Å². The molecule has 0 saturated heterocycles. The second-order valence-corrected chi connectivity index (χ2v) is 4.36. The lowest BCUT2D eigenvalue weighted by molar-refractivity contribution is 0.416. The van der Waals surface area contributed by atoms with E-state index in [1.165, 1.54) is 0 Å². The Balaban J connectivity index is 2.61. The first-order chi connectivity index (χ1) is 8.13. The summed E-state index contributed by atoms with van der Waals surface area (Å²) in [4.78, 5) is 8.47. The van der Waals surface area contributed by atoms with Crippen LogP contribution in [0.25, 0.3) is 11.4 Å². The first-order valence-corrected chi connectivity index (χ1v) is 5.93. The topological polar surface area (TPSA) is 87.0 Å². The van der Waals surface area contributed by atoms with E-state index in [9.17, 15) is 0 Å². The summed E-state index contributed by atoms with van der Waals surface area (Å²) < 4.78 is 5.89. The van der Waals surface area contributed by atoms with Crippen molar-refractivity contribution in [2.24, 2.45) is 0 Å². The van der Waals surface area contributed by atoms with Gasteiger partial charge in [0.1, 0.15) is 15.1 Å². The summed E-state index contributed by atoms with van der Waals surface area (Å²) in [6.07, 6.45) is 0. The largest absolute Gasteiger partial charge is 0.496 e. The highest BCUT2D eigenvalue weighted by atomic mass is 127. The van der Waals surface area contributed by atoms with E-state index in [1.807, 2.05) is 46.9 Å². The number of para-hydroxylation sites is 1. The van der Waals surface area contributed by atoms with Crippen molar-refractivity contribution in [3.05, 3.63) is 28.0 Å². The Hall–Kier alpha value is -1.57. The van der Waals surface area contributed by atoms with Crippen molar-refractivity contribution in [3.63, 3.8) is 0 Å². The Labute approximate surface area is 112 Å². The number of ether oxygens (including phenoxy) is 1. The van der Waals surface area contributed by atoms with Gasteiger partial charge in [-0.3, -0.25) is 0 Å². The highest BCUT2D eigenvalue weighted by Gasteiger charge is 2.12. The molecule has 1 aromatic heterocycles. The molecule has 0 aliphatic heterocycles. The van der Waals surface area contributed by atoms with Gasteiger partial charge in [0, 0.05) is 0 Å². The first-order valence-electron chi connectivity index (χ1n) is 4.85. The van der Waals surface area contributed by atoms with Crippen molar-refractivity contribution in [1.82, 2.24) is 9.97 Å². The average Bonchev–Trinajstić information content (AvgIpc) is 2.35. The van der Waals surface area contributed by atoms with Crippen LogP contribution in [0, 0.1) is 3.70 Å². The predicted molar refractivity (Wildman–Crippen MR) is 75.6 cm³/mol. The second-order valence-electron chi connectivity index (χ2n) is 3.34. The fraction of sp³-hybridized carbons (Fsp3) is 0.0909. The molecule has 0 atom stereocenters. The second kappa shape index (κ2) is 4.74. The molecular weight excluding hydrogens is 331 g/mol. The maximum atomic E-state index is 5.73. The van der Waals surface area contributed by atoms with Gasteiger partial charge in [-0.2, -0.15) is 0 Å². The van der Waals surface area contributed by atoms with E-state index in [2.05, 4.69) is 9.97 Å². The molecule has 17 heavy (non-hydrogen) atoms. The minimum atomic E-state index is 0.283. The van der Waals surface area contributed by atoms with E-state index in [1.54, 1.807) is 7.11 Å². The van der Waals surface area contributed by atoms with E-state index in [4.69, 9.17) is 16.2 Å². The Morgan fingerprint density at radius 1 is 1.18 bits per heavy atom. The number of nitrogen functional groups attached to an aromatic ring is 2. The highest BCUT2D eigenvalue weighted by molar-refractivity contribution is 14.1. The van der Waals surface area contributed by atoms with Crippen LogP contribution in [0.15, 0.2) is 24.3 Å². The quantitative estimate of drug-likeness (QED) is 0.643. The molecule has 0 aliphatic rings. The van der Waals surface area contributed by atoms with Crippen molar-refractivity contribution < 1.29 is 4.74 Å². The average molecular weight is 342 g/mol. The number of rotatable bonds is 2. The summed E-state index contributed by atoms with van der Waals surface area (Å²) in [6.45, 7) is 0. The maximum Gasteiger partial charge on any atom is 0.166 e. The highest BCUT2D eigenvalue weighted by Crippen LogP contribution is 2.29. The van der Waals surface area contributed by atoms with Gasteiger partial charge in [0.15, 0.2) is 11.6 Å². The molecule has 2 aromatic rings. The molecule has 88 valence electrons. The first kappa shape index (κ1) is 11.9. The number of hydrogen-bond acceptors (Lipinski definition) is 5. The van der Waals surface area contributed by atoms with Crippen LogP contribution in [-0.4, -0.2) is 17.1 Å². The van der Waals surface area contributed by atoms with Gasteiger partial charge in [-0.1, -0.05) is 12.1 Å². The Bertz CT molecular complexity index is 536. The Kier molecular flexibility index (Phi) is 3.32. The molecule has 2 rings (SSSR count). The van der Waals surface area contributed by atoms with Crippen molar-refractivity contribution in [2.75, 3.05) is 18.6 Å². The normalized spacial score (nSPS) is 10.2. The Morgan fingerprint density at radius 2 is 1.88 bits per heavy atom. The molecule has 0 fully saturated rings. The third-order valence-corrected chi connectivity index (χ3v) is 3.10. The molecule has 4 N–H and O–H groups in total. The molecule has 0 aliphatic carbocycles. The number of nitrogens with two attached hydrogens (primary N) is 2. The van der Waals surface area contributed by atoms with Gasteiger partial charge in [0.2, 0.25) is 0 Å². The van der Waals surface area contributed by atoms with Crippen molar-refractivity contribution in [2.45, 2.75) is 0 Å². The van der Waals surface area contributed by atoms with E-state index < -0.39 is 0 Å². The summed E-state index contributed by atoms with van der Waals surface area (Å²) >= 11 is 2.03. The van der Waals surface area contributed by atoms with Crippen LogP contribution < -0.4 is 16.2 Å². The zero-order chi connectivity index (χ0) is 12.4. The van der Waals surface area contributed by atoms with Crippen LogP contribution in [0.5, 0.6) is 5.75 Å². The molecule has 0 spiro atoms. The van der Waals surface area contributed by atoms with Crippen molar-refractivity contribution in [3.8, 4) is 17.1 Å². The minimum absolute atomic E-state index is 0.283. The molecule has 0 amide bonds. The molecule has 5 nitrogen and oxygen atoms in total. The van der Waals surface area contributed by atoms with E-state index in [0.717, 1.165) is 5.56 Å². The van der Waals surface area contributed by atoms with Gasteiger partial charge >= 0.3 is 0 Å². The summed E-state index contributed by atoms with van der Waals surface area (Å²) in [5.41, 5.74) is 12.6. The van der Waals surface area contributed by atoms with Crippen LogP contribution in [0.3, 0.4) is 0 Å². The van der Waals surface area contributed by atoms with Crippen LogP contribution in [0.4, 0.5) is 11.5 Å². The van der Waals surface area contributed by atoms with Crippen molar-refractivity contribution in [1.29, 1.82) is 0 Å². The molecule has 1 heterocycles. The number of nitrogens with zero attached hydrogens (tertiary/aromatic N) is 2. The number of aromatic nitrogens is 2. The number of methoxy groups -OCH3 is 1. The zero-order valence-corrected chi connectivity index (χ0v) is 11.3. The summed E-state index contributed by atoms with van der Waals surface area (Å²) in [6, 6.07) is 7.49. The fourth-order valence-corrected chi connectivity index (χ4v) is 1.91. The smallest absolute Gasteiger partial charge is 0.166 e. The van der Waals surface area contributed by atoms with Crippen LogP contribution in [0.2, 0.25) is 0 Å². The third kappa shape index (κ3) is 2.26. The number of hydrogen-bond donors (Lipinski definition) is 2. The van der Waals surface area contributed by atoms with E-state index in [-0.39, 0.29) is 5.82 Å². The van der Waals surface area contributed by atoms with Gasteiger partial charge in [0.05, 0.1) is 12.7 Å². The Morgan fingerprint density at radius 3 is 2.53 bits per heavy atom. The van der Waals surface area contributed by atoms with Gasteiger partial charge in [-0.25, -0.2) is 9.97 Å². The third-order valence-electron chi connectivity index (χ3n) is 2.28. The predicted octanol–water partition coefficient (Wildman–Crippen LogP) is 1.92. The number of benzene rings is 1. The zero-order valence-electron chi connectivity index (χ0n) is 9.14. The maximum absolute atomic E-state index is 5.73. The van der Waals surface area contributed by atoms with Crippen molar-refractivity contribution >= 4 is 34.1 Å². The molecule has 1 aromatic carbocycles. The number of anilines is 2. The van der Waals surface area contributed by atoms with Gasteiger partial charge in [0.25, 0.3) is 0 Å².